The molecule has 2 aliphatic carbocycles. The van der Waals surface area contributed by atoms with Gasteiger partial charge in [0.2, 0.25) is 0 Å². The van der Waals surface area contributed by atoms with E-state index in [1.165, 1.54) is 17.5 Å². The van der Waals surface area contributed by atoms with Crippen LogP contribution in [-0.2, 0) is 20.9 Å². The molecule has 0 amide bonds. The number of fused-ring (bicyclic) bond motifs is 1. The maximum atomic E-state index is 11.1. The number of nitrogens with zero attached hydrogens (tertiary/aromatic N) is 4. The molecule has 0 bridgehead atoms. The summed E-state index contributed by atoms with van der Waals surface area (Å²) in [7, 11) is -3.94. The van der Waals surface area contributed by atoms with Gasteiger partial charge in [0.15, 0.2) is 0 Å². The van der Waals surface area contributed by atoms with E-state index in [-0.39, 0.29) is 24.6 Å². The number of aliphatic hydroxyl groups is 1. The number of aliphatic hydroxyl groups excluding tert-OH is 1. The van der Waals surface area contributed by atoms with Crippen molar-refractivity contribution in [3.63, 3.8) is 0 Å². The molecule has 1 aromatic carbocycles. The summed E-state index contributed by atoms with van der Waals surface area (Å²) in [5, 5.41) is 24.1. The maximum absolute atomic E-state index is 11.1. The van der Waals surface area contributed by atoms with E-state index in [0.29, 0.717) is 23.5 Å². The van der Waals surface area contributed by atoms with Crippen LogP contribution in [0.15, 0.2) is 49.1 Å². The van der Waals surface area contributed by atoms with Crippen molar-refractivity contribution in [2.45, 2.75) is 50.3 Å². The first-order valence-electron chi connectivity index (χ1n) is 11.4. The Morgan fingerprint density at radius 2 is 2.09 bits per heavy atom. The second-order valence-electron chi connectivity index (χ2n) is 9.00. The predicted octanol–water partition coefficient (Wildman–Crippen LogP) is 2.09. The summed E-state index contributed by atoms with van der Waals surface area (Å²) in [5.41, 5.74) is 3.70. The Labute approximate surface area is 198 Å². The lowest BCUT2D eigenvalue weighted by molar-refractivity contribution is 0.213. The van der Waals surface area contributed by atoms with Crippen molar-refractivity contribution in [1.82, 2.24) is 19.7 Å². The maximum Gasteiger partial charge on any atom is 0.333 e. The normalized spacial score (nSPS) is 23.1. The Morgan fingerprint density at radius 3 is 2.94 bits per heavy atom. The number of aromatic nitrogens is 4. The van der Waals surface area contributed by atoms with Crippen LogP contribution < -0.4 is 10.5 Å². The highest BCUT2D eigenvalue weighted by atomic mass is 32.2. The molecule has 1 saturated carbocycles. The Kier molecular flexibility index (Phi) is 6.34. The fraction of sp³-hybridized carbons (Fsp3) is 0.435. The lowest BCUT2D eigenvalue weighted by atomic mass is 10.1. The summed E-state index contributed by atoms with van der Waals surface area (Å²) in [6.07, 6.45) is 8.31. The van der Waals surface area contributed by atoms with E-state index in [2.05, 4.69) is 33.5 Å². The van der Waals surface area contributed by atoms with Crippen LogP contribution in [0.2, 0.25) is 0 Å². The van der Waals surface area contributed by atoms with E-state index in [1.807, 2.05) is 23.0 Å². The van der Waals surface area contributed by atoms with E-state index in [1.54, 1.807) is 6.20 Å². The minimum atomic E-state index is -3.94. The van der Waals surface area contributed by atoms with Crippen molar-refractivity contribution in [2.24, 2.45) is 11.1 Å². The van der Waals surface area contributed by atoms with Gasteiger partial charge in [0.05, 0.1) is 18.3 Å². The zero-order valence-corrected chi connectivity index (χ0v) is 19.4. The van der Waals surface area contributed by atoms with Crippen LogP contribution in [0.5, 0.6) is 0 Å². The van der Waals surface area contributed by atoms with Gasteiger partial charge < -0.3 is 10.4 Å². The Morgan fingerprint density at radius 1 is 1.24 bits per heavy atom. The highest BCUT2D eigenvalue weighted by Crippen LogP contribution is 2.35. The largest absolute Gasteiger partial charge is 0.382 e. The molecule has 2 aliphatic rings. The summed E-state index contributed by atoms with van der Waals surface area (Å²) >= 11 is 0. The van der Waals surface area contributed by atoms with Crippen LogP contribution in [0.4, 0.5) is 5.82 Å². The van der Waals surface area contributed by atoms with Gasteiger partial charge in [-0.1, -0.05) is 24.3 Å². The molecule has 34 heavy (non-hydrogen) atoms. The van der Waals surface area contributed by atoms with Gasteiger partial charge in [-0.3, -0.25) is 8.86 Å². The topological polar surface area (TPSA) is 145 Å². The number of aryl methyl sites for hydroxylation is 1. The predicted molar refractivity (Wildman–Crippen MR) is 125 cm³/mol. The zero-order valence-electron chi connectivity index (χ0n) is 18.6. The van der Waals surface area contributed by atoms with Gasteiger partial charge in [0, 0.05) is 24.0 Å². The molecule has 0 aliphatic heterocycles. The molecule has 4 atom stereocenters. The molecule has 0 saturated heterocycles. The van der Waals surface area contributed by atoms with Gasteiger partial charge in [-0.2, -0.15) is 13.5 Å². The number of nitrogens with two attached hydrogens (primary N) is 1. The number of hydrogen-bond donors (Lipinski definition) is 3. The summed E-state index contributed by atoms with van der Waals surface area (Å²) in [5.74, 6) is 0.623. The van der Waals surface area contributed by atoms with E-state index in [0.717, 1.165) is 25.7 Å². The van der Waals surface area contributed by atoms with Crippen LogP contribution >= 0.6 is 0 Å². The molecule has 2 unspecified atom stereocenters. The molecular weight excluding hydrogens is 456 g/mol. The second kappa shape index (κ2) is 9.41. The van der Waals surface area contributed by atoms with Crippen LogP contribution in [-0.4, -0.2) is 45.9 Å². The van der Waals surface area contributed by atoms with Crippen LogP contribution in [0.3, 0.4) is 0 Å². The van der Waals surface area contributed by atoms with Crippen molar-refractivity contribution in [1.29, 1.82) is 0 Å². The molecule has 3 aromatic rings. The Bertz CT molecular complexity index is 1260. The van der Waals surface area contributed by atoms with E-state index in [4.69, 9.17) is 14.4 Å². The number of hydrogen-bond acceptors (Lipinski definition) is 8. The van der Waals surface area contributed by atoms with Crippen molar-refractivity contribution < 1.29 is 17.7 Å². The SMILES string of the molecule is NS(=O)(=O)OC[C@@H]1CC[C@H](Nc2ncncc2C(O)c2ccn(C3CCc4ccccc43)n2)C1. The number of anilines is 1. The van der Waals surface area contributed by atoms with E-state index < -0.39 is 16.4 Å². The molecule has 5 rings (SSSR count). The molecule has 4 N–H and O–H groups in total. The fourth-order valence-corrected chi connectivity index (χ4v) is 5.43. The number of benzene rings is 1. The van der Waals surface area contributed by atoms with Gasteiger partial charge in [0.1, 0.15) is 18.2 Å². The second-order valence-corrected chi connectivity index (χ2v) is 10.2. The zero-order chi connectivity index (χ0) is 23.7. The quantitative estimate of drug-likeness (QED) is 0.441. The van der Waals surface area contributed by atoms with Gasteiger partial charge in [-0.25, -0.2) is 15.1 Å². The third-order valence-electron chi connectivity index (χ3n) is 6.71. The third kappa shape index (κ3) is 4.97. The average Bonchev–Trinajstić information content (AvgIpc) is 3.56. The first-order valence-corrected chi connectivity index (χ1v) is 12.9. The number of nitrogens with one attached hydrogen (secondary N) is 1. The molecule has 10 nitrogen and oxygen atoms in total. The minimum absolute atomic E-state index is 0.0675. The molecular formula is C23H28N6O4S. The first-order chi connectivity index (χ1) is 16.4. The summed E-state index contributed by atoms with van der Waals surface area (Å²) in [6.45, 7) is 0.0675. The van der Waals surface area contributed by atoms with Gasteiger partial charge in [-0.15, -0.1) is 0 Å². The molecule has 2 heterocycles. The third-order valence-corrected chi connectivity index (χ3v) is 7.18. The molecule has 11 heteroatoms. The smallest absolute Gasteiger partial charge is 0.333 e. The van der Waals surface area contributed by atoms with Crippen LogP contribution in [0.1, 0.15) is 60.2 Å². The summed E-state index contributed by atoms with van der Waals surface area (Å²) < 4.78 is 28.8. The first kappa shape index (κ1) is 22.9. The Balaban J connectivity index is 1.28. The van der Waals surface area contributed by atoms with Crippen LogP contribution in [0.25, 0.3) is 0 Å². The molecule has 0 spiro atoms. The number of rotatable bonds is 8. The van der Waals surface area contributed by atoms with Crippen molar-refractivity contribution in [3.8, 4) is 0 Å². The lowest BCUT2D eigenvalue weighted by Gasteiger charge is -2.18. The highest BCUT2D eigenvalue weighted by molar-refractivity contribution is 7.84. The fourth-order valence-electron chi connectivity index (χ4n) is 5.04. The lowest BCUT2D eigenvalue weighted by Crippen LogP contribution is -2.22. The highest BCUT2D eigenvalue weighted by Gasteiger charge is 2.29. The van der Waals surface area contributed by atoms with Gasteiger partial charge >= 0.3 is 10.3 Å². The van der Waals surface area contributed by atoms with E-state index >= 15 is 0 Å². The minimum Gasteiger partial charge on any atom is -0.382 e. The van der Waals surface area contributed by atoms with Crippen LogP contribution in [0, 0.1) is 5.92 Å². The van der Waals surface area contributed by atoms with Gasteiger partial charge in [0.25, 0.3) is 0 Å². The Hall–Kier alpha value is -2.86. The van der Waals surface area contributed by atoms with Gasteiger partial charge in [-0.05, 0) is 55.2 Å². The molecule has 2 aromatic heterocycles. The molecule has 180 valence electrons. The summed E-state index contributed by atoms with van der Waals surface area (Å²) in [6, 6.07) is 10.5. The summed E-state index contributed by atoms with van der Waals surface area (Å²) in [4.78, 5) is 8.45. The standard InChI is InChI=1S/C23H28N6O4S/c24-34(31,32)33-13-15-5-7-17(11-15)27-23-19(12-25-14-26-23)22(30)20-9-10-29(28-20)21-8-6-16-3-1-2-4-18(16)21/h1-4,9-10,12,14-15,17,21-22,30H,5-8,11,13H2,(H2,24,31,32)(H,25,26,27)/t15-,17+,21?,22?/m1/s1. The van der Waals surface area contributed by atoms with Crippen molar-refractivity contribution >= 4 is 16.1 Å². The average molecular weight is 485 g/mol. The monoisotopic (exact) mass is 484 g/mol. The van der Waals surface area contributed by atoms with Crippen molar-refractivity contribution in [2.75, 3.05) is 11.9 Å². The molecule has 1 fully saturated rings. The molecule has 0 radical (unpaired) electrons. The van der Waals surface area contributed by atoms with Crippen molar-refractivity contribution in [3.05, 3.63) is 71.4 Å². The van der Waals surface area contributed by atoms with E-state index in [9.17, 15) is 13.5 Å².